The molecule has 0 aliphatic rings. The van der Waals surface area contributed by atoms with Crippen molar-refractivity contribution in [2.24, 2.45) is 5.73 Å². The van der Waals surface area contributed by atoms with Crippen molar-refractivity contribution in [1.82, 2.24) is 0 Å². The van der Waals surface area contributed by atoms with Crippen LogP contribution in [0, 0.1) is 0 Å². The van der Waals surface area contributed by atoms with Crippen molar-refractivity contribution in [3.8, 4) is 0 Å². The summed E-state index contributed by atoms with van der Waals surface area (Å²) >= 11 is 3.03. The van der Waals surface area contributed by atoms with E-state index >= 15 is 0 Å². The number of unbranched alkanes of at least 4 members (excludes halogenated alkanes) is 1. The van der Waals surface area contributed by atoms with Crippen LogP contribution in [0.25, 0.3) is 0 Å². The van der Waals surface area contributed by atoms with Crippen molar-refractivity contribution in [1.29, 1.82) is 0 Å². The molecule has 11 heavy (non-hydrogen) atoms. The number of aliphatic carboxylic acids is 1. The van der Waals surface area contributed by atoms with Gasteiger partial charge in [-0.15, -0.1) is 17.0 Å². The first-order chi connectivity index (χ1) is 4.68. The molecule has 0 aromatic carbocycles. The van der Waals surface area contributed by atoms with E-state index in [1.807, 2.05) is 0 Å². The Morgan fingerprint density at radius 3 is 2.45 bits per heavy atom. The fourth-order valence-corrected chi connectivity index (χ4v) is 0.915. The standard InChI is InChI=1S/C6H12BrNO2.BrH/c7-5(6(9)10)3-1-2-4-8;/h5H,1-4,8H2,(H,9,10);1H. The maximum atomic E-state index is 10.2. The van der Waals surface area contributed by atoms with Crippen LogP contribution >= 0.6 is 32.9 Å². The third-order valence-electron chi connectivity index (χ3n) is 1.18. The van der Waals surface area contributed by atoms with Gasteiger partial charge < -0.3 is 10.8 Å². The number of nitrogens with two attached hydrogens (primary N) is 1. The third kappa shape index (κ3) is 8.29. The summed E-state index contributed by atoms with van der Waals surface area (Å²) in [7, 11) is 0. The Labute approximate surface area is 85.2 Å². The van der Waals surface area contributed by atoms with Crippen LogP contribution in [-0.4, -0.2) is 22.4 Å². The molecule has 0 radical (unpaired) electrons. The van der Waals surface area contributed by atoms with Gasteiger partial charge in [0.25, 0.3) is 0 Å². The molecule has 0 aliphatic carbocycles. The third-order valence-corrected chi connectivity index (χ3v) is 2.03. The number of rotatable bonds is 5. The number of carbonyl (C=O) groups is 1. The lowest BCUT2D eigenvalue weighted by molar-refractivity contribution is -0.136. The highest BCUT2D eigenvalue weighted by Crippen LogP contribution is 2.08. The van der Waals surface area contributed by atoms with Crippen LogP contribution in [0.2, 0.25) is 0 Å². The summed E-state index contributed by atoms with van der Waals surface area (Å²) in [5, 5.41) is 8.40. The van der Waals surface area contributed by atoms with Crippen molar-refractivity contribution in [3.63, 3.8) is 0 Å². The lowest BCUT2D eigenvalue weighted by Gasteiger charge is -2.01. The van der Waals surface area contributed by atoms with Crippen LogP contribution in [0.15, 0.2) is 0 Å². The van der Waals surface area contributed by atoms with E-state index in [0.717, 1.165) is 12.8 Å². The fraction of sp³-hybridized carbons (Fsp3) is 0.833. The molecular weight excluding hydrogens is 278 g/mol. The SMILES string of the molecule is Br.NCCCCC(Br)C(=O)O. The second kappa shape index (κ2) is 8.49. The summed E-state index contributed by atoms with van der Waals surface area (Å²) in [6.07, 6.45) is 2.43. The normalized spacial score (nSPS) is 11.8. The highest BCUT2D eigenvalue weighted by atomic mass is 79.9. The van der Waals surface area contributed by atoms with Crippen molar-refractivity contribution in [2.45, 2.75) is 24.1 Å². The lowest BCUT2D eigenvalue weighted by atomic mass is 10.2. The Bertz CT molecular complexity index is 111. The van der Waals surface area contributed by atoms with E-state index in [0.29, 0.717) is 13.0 Å². The van der Waals surface area contributed by atoms with Gasteiger partial charge in [0.1, 0.15) is 4.83 Å². The molecule has 1 atom stereocenters. The van der Waals surface area contributed by atoms with Crippen molar-refractivity contribution < 1.29 is 9.90 Å². The van der Waals surface area contributed by atoms with Crippen LogP contribution in [0.5, 0.6) is 0 Å². The Morgan fingerprint density at radius 1 is 1.55 bits per heavy atom. The van der Waals surface area contributed by atoms with Gasteiger partial charge in [-0.25, -0.2) is 0 Å². The highest BCUT2D eigenvalue weighted by Gasteiger charge is 2.10. The first kappa shape index (κ1) is 13.9. The van der Waals surface area contributed by atoms with Crippen LogP contribution < -0.4 is 5.73 Å². The smallest absolute Gasteiger partial charge is 0.317 e. The molecule has 0 saturated carbocycles. The molecular formula is C6H13Br2NO2. The van der Waals surface area contributed by atoms with E-state index < -0.39 is 10.8 Å². The Hall–Kier alpha value is 0.390. The van der Waals surface area contributed by atoms with E-state index in [2.05, 4.69) is 15.9 Å². The predicted molar refractivity (Wildman–Crippen MR) is 53.6 cm³/mol. The van der Waals surface area contributed by atoms with E-state index in [1.54, 1.807) is 0 Å². The molecule has 0 fully saturated rings. The summed E-state index contributed by atoms with van der Waals surface area (Å²) in [6.45, 7) is 0.638. The average Bonchev–Trinajstić information content (AvgIpc) is 1.88. The maximum Gasteiger partial charge on any atom is 0.317 e. The minimum atomic E-state index is -0.794. The Morgan fingerprint density at radius 2 is 2.09 bits per heavy atom. The number of hydrogen-bond donors (Lipinski definition) is 2. The predicted octanol–water partition coefficient (Wildman–Crippen LogP) is 1.54. The molecule has 0 heterocycles. The highest BCUT2D eigenvalue weighted by molar-refractivity contribution is 9.10. The van der Waals surface area contributed by atoms with E-state index in [1.165, 1.54) is 0 Å². The maximum absolute atomic E-state index is 10.2. The van der Waals surface area contributed by atoms with Gasteiger partial charge in [0.2, 0.25) is 0 Å². The van der Waals surface area contributed by atoms with Crippen LogP contribution in [0.4, 0.5) is 0 Å². The second-order valence-electron chi connectivity index (χ2n) is 2.09. The monoisotopic (exact) mass is 289 g/mol. The summed E-state index contributed by atoms with van der Waals surface area (Å²) in [5.74, 6) is -0.794. The fourth-order valence-electron chi connectivity index (χ4n) is 0.591. The van der Waals surface area contributed by atoms with Gasteiger partial charge in [-0.3, -0.25) is 4.79 Å². The van der Waals surface area contributed by atoms with Crippen LogP contribution in [0.1, 0.15) is 19.3 Å². The topological polar surface area (TPSA) is 63.3 Å². The summed E-state index contributed by atoms with van der Waals surface area (Å²) < 4.78 is 0. The van der Waals surface area contributed by atoms with Gasteiger partial charge in [0, 0.05) is 0 Å². The minimum absolute atomic E-state index is 0. The second-order valence-corrected chi connectivity index (χ2v) is 3.20. The number of halogens is 2. The molecule has 0 saturated heterocycles. The molecule has 68 valence electrons. The molecule has 3 N–H and O–H groups in total. The van der Waals surface area contributed by atoms with Gasteiger partial charge in [0.15, 0.2) is 0 Å². The Balaban J connectivity index is 0. The molecule has 5 heteroatoms. The van der Waals surface area contributed by atoms with Crippen LogP contribution in [0.3, 0.4) is 0 Å². The van der Waals surface area contributed by atoms with Crippen molar-refractivity contribution in [3.05, 3.63) is 0 Å². The van der Waals surface area contributed by atoms with Gasteiger partial charge >= 0.3 is 5.97 Å². The summed E-state index contributed by atoms with van der Waals surface area (Å²) in [4.78, 5) is 9.81. The molecule has 0 aromatic heterocycles. The van der Waals surface area contributed by atoms with E-state index in [9.17, 15) is 4.79 Å². The summed E-state index contributed by atoms with van der Waals surface area (Å²) in [5.41, 5.74) is 5.23. The number of carboxylic acid groups (broad SMARTS) is 1. The van der Waals surface area contributed by atoms with Gasteiger partial charge in [-0.2, -0.15) is 0 Å². The number of hydrogen-bond acceptors (Lipinski definition) is 2. The molecule has 0 aliphatic heterocycles. The zero-order chi connectivity index (χ0) is 7.98. The van der Waals surface area contributed by atoms with E-state index in [4.69, 9.17) is 10.8 Å². The summed E-state index contributed by atoms with van der Waals surface area (Å²) in [6, 6.07) is 0. The van der Waals surface area contributed by atoms with Gasteiger partial charge in [-0.1, -0.05) is 22.4 Å². The van der Waals surface area contributed by atoms with Gasteiger partial charge in [0.05, 0.1) is 0 Å². The average molecular weight is 291 g/mol. The van der Waals surface area contributed by atoms with Crippen molar-refractivity contribution >= 4 is 38.9 Å². The van der Waals surface area contributed by atoms with Gasteiger partial charge in [-0.05, 0) is 19.4 Å². The molecule has 1 unspecified atom stereocenters. The van der Waals surface area contributed by atoms with Crippen LogP contribution in [-0.2, 0) is 4.79 Å². The van der Waals surface area contributed by atoms with E-state index in [-0.39, 0.29) is 17.0 Å². The first-order valence-corrected chi connectivity index (χ1v) is 4.17. The number of alkyl halides is 1. The molecule has 0 spiro atoms. The molecule has 0 amide bonds. The largest absolute Gasteiger partial charge is 0.480 e. The quantitative estimate of drug-likeness (QED) is 0.596. The zero-order valence-corrected chi connectivity index (χ0v) is 9.42. The Kier molecular flexibility index (Phi) is 10.8. The molecule has 0 bridgehead atoms. The molecule has 3 nitrogen and oxygen atoms in total. The molecule has 0 aromatic rings. The minimum Gasteiger partial charge on any atom is -0.480 e. The zero-order valence-electron chi connectivity index (χ0n) is 6.12. The lowest BCUT2D eigenvalue weighted by Crippen LogP contribution is -2.12. The number of carboxylic acids is 1. The molecule has 0 rings (SSSR count). The van der Waals surface area contributed by atoms with Crippen molar-refractivity contribution in [2.75, 3.05) is 6.54 Å². The first-order valence-electron chi connectivity index (χ1n) is 3.25.